The van der Waals surface area contributed by atoms with Crippen LogP contribution in [0.4, 0.5) is 20.2 Å². The molecule has 2 rings (SSSR count). The van der Waals surface area contributed by atoms with Gasteiger partial charge in [-0.3, -0.25) is 0 Å². The van der Waals surface area contributed by atoms with E-state index in [0.29, 0.717) is 5.76 Å². The molecule has 2 aromatic rings. The highest BCUT2D eigenvalue weighted by molar-refractivity contribution is 5.66. The van der Waals surface area contributed by atoms with Gasteiger partial charge in [-0.25, -0.2) is 8.78 Å². The Morgan fingerprint density at radius 2 is 2.18 bits per heavy atom. The molecule has 1 heterocycles. The molecule has 4 nitrogen and oxygen atoms in total. The van der Waals surface area contributed by atoms with Gasteiger partial charge in [0.1, 0.15) is 0 Å². The molecular weight excluding hydrogens is 228 g/mol. The lowest BCUT2D eigenvalue weighted by Gasteiger charge is -2.09. The molecule has 1 aromatic carbocycles. The summed E-state index contributed by atoms with van der Waals surface area (Å²) in [7, 11) is 0. The second-order valence-corrected chi connectivity index (χ2v) is 3.61. The first-order valence-corrected chi connectivity index (χ1v) is 4.97. The van der Waals surface area contributed by atoms with Crippen LogP contribution in [0.5, 0.6) is 0 Å². The lowest BCUT2D eigenvalue weighted by atomic mass is 10.2. The van der Waals surface area contributed by atoms with Gasteiger partial charge in [-0.05, 0) is 19.1 Å². The van der Waals surface area contributed by atoms with E-state index in [0.717, 1.165) is 11.8 Å². The van der Waals surface area contributed by atoms with Crippen molar-refractivity contribution < 1.29 is 13.3 Å². The predicted octanol–water partition coefficient (Wildman–Crippen LogP) is 2.46. The van der Waals surface area contributed by atoms with Gasteiger partial charge in [0.25, 0.3) is 0 Å². The molecule has 0 radical (unpaired) electrons. The molecule has 0 aliphatic carbocycles. The first-order valence-electron chi connectivity index (χ1n) is 4.97. The Kier molecular flexibility index (Phi) is 2.95. The minimum absolute atomic E-state index is 0.0703. The minimum atomic E-state index is -0.999. The van der Waals surface area contributed by atoms with E-state index in [1.165, 1.54) is 6.07 Å². The van der Waals surface area contributed by atoms with Crippen LogP contribution in [0.2, 0.25) is 0 Å². The number of nitrogen functional groups attached to an aromatic ring is 1. The maximum atomic E-state index is 13.4. The van der Waals surface area contributed by atoms with Crippen LogP contribution >= 0.6 is 0 Å². The number of nitrogens with zero attached hydrogens (tertiary/aromatic N) is 1. The number of nitrogens with one attached hydrogen (secondary N) is 1. The zero-order valence-electron chi connectivity index (χ0n) is 9.13. The molecule has 0 spiro atoms. The Morgan fingerprint density at radius 1 is 1.41 bits per heavy atom. The summed E-state index contributed by atoms with van der Waals surface area (Å²) >= 11 is 0. The maximum absolute atomic E-state index is 13.4. The van der Waals surface area contributed by atoms with Gasteiger partial charge >= 0.3 is 0 Å². The fourth-order valence-electron chi connectivity index (χ4n) is 1.42. The van der Waals surface area contributed by atoms with Crippen molar-refractivity contribution in [1.29, 1.82) is 0 Å². The average Bonchev–Trinajstić information content (AvgIpc) is 2.70. The van der Waals surface area contributed by atoms with Gasteiger partial charge in [-0.2, -0.15) is 0 Å². The molecule has 0 fully saturated rings. The minimum Gasteiger partial charge on any atom is -0.397 e. The topological polar surface area (TPSA) is 64.1 Å². The zero-order chi connectivity index (χ0) is 12.4. The number of hydrogen-bond acceptors (Lipinski definition) is 4. The van der Waals surface area contributed by atoms with Crippen molar-refractivity contribution in [2.45, 2.75) is 13.5 Å². The molecule has 6 heteroatoms. The third kappa shape index (κ3) is 2.35. The summed E-state index contributed by atoms with van der Waals surface area (Å²) in [5, 5.41) is 6.36. The molecule has 0 aliphatic rings. The largest absolute Gasteiger partial charge is 0.397 e. The van der Waals surface area contributed by atoms with Crippen molar-refractivity contribution in [2.24, 2.45) is 0 Å². The van der Waals surface area contributed by atoms with Crippen LogP contribution in [0.25, 0.3) is 0 Å². The third-order valence-electron chi connectivity index (χ3n) is 2.24. The molecule has 90 valence electrons. The van der Waals surface area contributed by atoms with E-state index in [2.05, 4.69) is 10.5 Å². The van der Waals surface area contributed by atoms with Crippen LogP contribution in [0.3, 0.4) is 0 Å². The van der Waals surface area contributed by atoms with Crippen LogP contribution in [0, 0.1) is 18.6 Å². The number of rotatable bonds is 3. The molecule has 3 N–H and O–H groups in total. The molecule has 0 atom stereocenters. The van der Waals surface area contributed by atoms with Gasteiger partial charge in [0.2, 0.25) is 0 Å². The van der Waals surface area contributed by atoms with Crippen molar-refractivity contribution in [3.63, 3.8) is 0 Å². The molecule has 0 bridgehead atoms. The lowest BCUT2D eigenvalue weighted by Crippen LogP contribution is -2.05. The number of anilines is 2. The fourth-order valence-corrected chi connectivity index (χ4v) is 1.42. The Bertz CT molecular complexity index is 540. The first-order chi connectivity index (χ1) is 8.08. The standard InChI is InChI=1S/C11H11F2N3O/c1-6-4-7(17-16-6)5-15-11-9(14)3-2-8(12)10(11)13/h2-4,15H,5,14H2,1H3. The third-order valence-corrected chi connectivity index (χ3v) is 2.24. The van der Waals surface area contributed by atoms with Crippen LogP contribution in [0.1, 0.15) is 11.5 Å². The van der Waals surface area contributed by atoms with E-state index < -0.39 is 11.6 Å². The summed E-state index contributed by atoms with van der Waals surface area (Å²) in [5.41, 5.74) is 6.33. The van der Waals surface area contributed by atoms with Crippen LogP contribution < -0.4 is 11.1 Å². The number of nitrogens with two attached hydrogens (primary N) is 1. The molecular formula is C11H11F2N3O. The van der Waals surface area contributed by atoms with Gasteiger partial charge in [-0.15, -0.1) is 0 Å². The van der Waals surface area contributed by atoms with Gasteiger partial charge in [0.05, 0.1) is 23.6 Å². The molecule has 0 saturated carbocycles. The van der Waals surface area contributed by atoms with Crippen molar-refractivity contribution in [3.8, 4) is 0 Å². The van der Waals surface area contributed by atoms with E-state index >= 15 is 0 Å². The Morgan fingerprint density at radius 3 is 2.82 bits per heavy atom. The maximum Gasteiger partial charge on any atom is 0.183 e. The normalized spacial score (nSPS) is 10.5. The van der Waals surface area contributed by atoms with Gasteiger partial charge in [0, 0.05) is 6.07 Å². The highest BCUT2D eigenvalue weighted by atomic mass is 19.2. The molecule has 0 saturated heterocycles. The highest BCUT2D eigenvalue weighted by Gasteiger charge is 2.12. The number of benzene rings is 1. The predicted molar refractivity (Wildman–Crippen MR) is 59.3 cm³/mol. The van der Waals surface area contributed by atoms with Gasteiger partial charge in [0.15, 0.2) is 17.4 Å². The van der Waals surface area contributed by atoms with Crippen LogP contribution in [-0.2, 0) is 6.54 Å². The average molecular weight is 239 g/mol. The van der Waals surface area contributed by atoms with Crippen molar-refractivity contribution in [3.05, 3.63) is 41.3 Å². The summed E-state index contributed by atoms with van der Waals surface area (Å²) < 4.78 is 31.3. The fraction of sp³-hybridized carbons (Fsp3) is 0.182. The lowest BCUT2D eigenvalue weighted by molar-refractivity contribution is 0.384. The van der Waals surface area contributed by atoms with E-state index in [9.17, 15) is 8.78 Å². The first kappa shape index (κ1) is 11.4. The van der Waals surface area contributed by atoms with E-state index in [1.807, 2.05) is 0 Å². The summed E-state index contributed by atoms with van der Waals surface area (Å²) in [6.07, 6.45) is 0. The Balaban J connectivity index is 2.16. The van der Waals surface area contributed by atoms with Crippen molar-refractivity contribution in [2.75, 3.05) is 11.1 Å². The summed E-state index contributed by atoms with van der Waals surface area (Å²) in [4.78, 5) is 0. The van der Waals surface area contributed by atoms with E-state index in [-0.39, 0.29) is 17.9 Å². The Labute approximate surface area is 96.4 Å². The number of aromatic nitrogens is 1. The summed E-state index contributed by atoms with van der Waals surface area (Å²) in [5.74, 6) is -1.43. The zero-order valence-corrected chi connectivity index (χ0v) is 9.13. The number of aryl methyl sites for hydroxylation is 1. The quantitative estimate of drug-likeness (QED) is 0.807. The smallest absolute Gasteiger partial charge is 0.183 e. The van der Waals surface area contributed by atoms with Gasteiger partial charge in [-0.1, -0.05) is 5.16 Å². The second kappa shape index (κ2) is 4.40. The monoisotopic (exact) mass is 239 g/mol. The van der Waals surface area contributed by atoms with Crippen molar-refractivity contribution >= 4 is 11.4 Å². The van der Waals surface area contributed by atoms with Crippen molar-refractivity contribution in [1.82, 2.24) is 5.16 Å². The molecule has 0 aliphatic heterocycles. The molecule has 1 aromatic heterocycles. The SMILES string of the molecule is Cc1cc(CNc2c(N)ccc(F)c2F)on1. The Hall–Kier alpha value is -2.11. The van der Waals surface area contributed by atoms with E-state index in [1.54, 1.807) is 13.0 Å². The molecule has 0 unspecified atom stereocenters. The van der Waals surface area contributed by atoms with Crippen LogP contribution in [-0.4, -0.2) is 5.16 Å². The second-order valence-electron chi connectivity index (χ2n) is 3.61. The molecule has 17 heavy (non-hydrogen) atoms. The molecule has 0 amide bonds. The number of halogens is 2. The number of hydrogen-bond donors (Lipinski definition) is 2. The summed E-state index contributed by atoms with van der Waals surface area (Å²) in [6.45, 7) is 1.95. The summed E-state index contributed by atoms with van der Waals surface area (Å²) in [6, 6.07) is 3.97. The van der Waals surface area contributed by atoms with Gasteiger partial charge < -0.3 is 15.6 Å². The highest BCUT2D eigenvalue weighted by Crippen LogP contribution is 2.25. The van der Waals surface area contributed by atoms with Crippen LogP contribution in [0.15, 0.2) is 22.7 Å². The van der Waals surface area contributed by atoms with E-state index in [4.69, 9.17) is 10.3 Å².